The van der Waals surface area contributed by atoms with Crippen molar-refractivity contribution >= 4 is 11.9 Å². The monoisotopic (exact) mass is 480 g/mol. The van der Waals surface area contributed by atoms with Crippen molar-refractivity contribution < 1.29 is 19.2 Å². The fourth-order valence-electron chi connectivity index (χ4n) is 6.75. The average molecular weight is 481 g/mol. The van der Waals surface area contributed by atoms with Crippen LogP contribution in [0.4, 0.5) is 5.95 Å². The van der Waals surface area contributed by atoms with Crippen LogP contribution in [0.2, 0.25) is 0 Å². The molecule has 2 aliphatic heterocycles. The quantitative estimate of drug-likeness (QED) is 0.554. The van der Waals surface area contributed by atoms with Crippen molar-refractivity contribution in [2.24, 2.45) is 0 Å². The second-order valence-corrected chi connectivity index (χ2v) is 11.5. The number of aryl methyl sites for hydroxylation is 1. The molecule has 4 fully saturated rings. The minimum atomic E-state index is -1.01. The molecule has 2 bridgehead atoms. The molecule has 0 amide bonds. The third kappa shape index (κ3) is 4.46. The van der Waals surface area contributed by atoms with Crippen molar-refractivity contribution in [3.05, 3.63) is 34.5 Å². The van der Waals surface area contributed by atoms with Gasteiger partial charge in [0.15, 0.2) is 5.69 Å². The van der Waals surface area contributed by atoms with Gasteiger partial charge in [-0.2, -0.15) is 0 Å². The van der Waals surface area contributed by atoms with Gasteiger partial charge < -0.3 is 19.3 Å². The SMILES string of the molecule is Cc1cc(C(=O)O)nc(N2C3CCC2CC(C)(OCc2c(C4CCCCC4)noc2C2CC2)C3)n1. The van der Waals surface area contributed by atoms with Gasteiger partial charge in [-0.25, -0.2) is 14.8 Å². The van der Waals surface area contributed by atoms with Gasteiger partial charge in [0.2, 0.25) is 5.95 Å². The maximum atomic E-state index is 11.5. The molecule has 2 unspecified atom stereocenters. The minimum Gasteiger partial charge on any atom is -0.477 e. The van der Waals surface area contributed by atoms with E-state index in [0.29, 0.717) is 30.1 Å². The fraction of sp³-hybridized carbons (Fsp3) is 0.704. The summed E-state index contributed by atoms with van der Waals surface area (Å²) in [5.74, 6) is 1.64. The summed E-state index contributed by atoms with van der Waals surface area (Å²) in [5, 5.41) is 14.0. The number of hydrogen-bond donors (Lipinski definition) is 1. The van der Waals surface area contributed by atoms with Gasteiger partial charge >= 0.3 is 5.97 Å². The lowest BCUT2D eigenvalue weighted by Gasteiger charge is -2.44. The first kappa shape index (κ1) is 23.0. The number of piperidine rings is 1. The molecular weight excluding hydrogens is 444 g/mol. The smallest absolute Gasteiger partial charge is 0.354 e. The molecule has 35 heavy (non-hydrogen) atoms. The highest BCUT2D eigenvalue weighted by Crippen LogP contribution is 2.47. The summed E-state index contributed by atoms with van der Waals surface area (Å²) in [4.78, 5) is 22.8. The molecule has 1 N–H and O–H groups in total. The maximum Gasteiger partial charge on any atom is 0.354 e. The zero-order valence-corrected chi connectivity index (χ0v) is 20.8. The van der Waals surface area contributed by atoms with Gasteiger partial charge in [-0.05, 0) is 71.3 Å². The lowest BCUT2D eigenvalue weighted by atomic mass is 9.85. The van der Waals surface area contributed by atoms with Crippen LogP contribution in [-0.2, 0) is 11.3 Å². The van der Waals surface area contributed by atoms with Gasteiger partial charge in [0.1, 0.15) is 5.76 Å². The first-order valence-corrected chi connectivity index (χ1v) is 13.4. The highest BCUT2D eigenvalue weighted by molar-refractivity contribution is 5.85. The number of ether oxygens (including phenoxy) is 1. The number of rotatable bonds is 7. The Morgan fingerprint density at radius 1 is 1.09 bits per heavy atom. The number of carboxylic acids is 1. The molecule has 6 rings (SSSR count). The van der Waals surface area contributed by atoms with Crippen LogP contribution in [0.1, 0.15) is 123 Å². The Morgan fingerprint density at radius 3 is 2.46 bits per heavy atom. The van der Waals surface area contributed by atoms with Crippen LogP contribution in [0.15, 0.2) is 10.6 Å². The van der Waals surface area contributed by atoms with Crippen molar-refractivity contribution in [2.45, 2.75) is 121 Å². The van der Waals surface area contributed by atoms with Gasteiger partial charge in [0.05, 0.1) is 17.9 Å². The number of carboxylic acid groups (broad SMARTS) is 1. The predicted octanol–water partition coefficient (Wildman–Crippen LogP) is 5.50. The molecule has 2 atom stereocenters. The predicted molar refractivity (Wildman–Crippen MR) is 130 cm³/mol. The molecule has 188 valence electrons. The Balaban J connectivity index is 1.20. The molecule has 2 aromatic heterocycles. The molecule has 8 heteroatoms. The van der Waals surface area contributed by atoms with Crippen LogP contribution in [0.3, 0.4) is 0 Å². The van der Waals surface area contributed by atoms with Crippen LogP contribution in [0.5, 0.6) is 0 Å². The van der Waals surface area contributed by atoms with E-state index in [4.69, 9.17) is 9.26 Å². The van der Waals surface area contributed by atoms with Crippen molar-refractivity contribution in [2.75, 3.05) is 4.90 Å². The number of carbonyl (C=O) groups is 1. The van der Waals surface area contributed by atoms with Crippen molar-refractivity contribution in [3.63, 3.8) is 0 Å². The summed E-state index contributed by atoms with van der Waals surface area (Å²) in [6.45, 7) is 4.64. The molecule has 0 radical (unpaired) electrons. The maximum absolute atomic E-state index is 11.5. The first-order valence-electron chi connectivity index (χ1n) is 13.4. The third-order valence-electron chi connectivity index (χ3n) is 8.60. The van der Waals surface area contributed by atoms with Gasteiger partial charge in [0, 0.05) is 35.2 Å². The van der Waals surface area contributed by atoms with Crippen molar-refractivity contribution in [3.8, 4) is 0 Å². The molecule has 2 aromatic rings. The molecule has 4 heterocycles. The number of nitrogens with zero attached hydrogens (tertiary/aromatic N) is 4. The number of anilines is 1. The molecule has 2 saturated heterocycles. The van der Waals surface area contributed by atoms with Crippen LogP contribution in [-0.4, -0.2) is 43.9 Å². The Morgan fingerprint density at radius 2 is 1.80 bits per heavy atom. The molecule has 2 aliphatic carbocycles. The summed E-state index contributed by atoms with van der Waals surface area (Å²) in [7, 11) is 0. The van der Waals surface area contributed by atoms with Gasteiger partial charge in [-0.15, -0.1) is 0 Å². The lowest BCUT2D eigenvalue weighted by molar-refractivity contribution is -0.0687. The lowest BCUT2D eigenvalue weighted by Crippen LogP contribution is -2.51. The summed E-state index contributed by atoms with van der Waals surface area (Å²) >= 11 is 0. The Kier molecular flexibility index (Phi) is 5.82. The largest absolute Gasteiger partial charge is 0.477 e. The summed E-state index contributed by atoms with van der Waals surface area (Å²) in [5.41, 5.74) is 2.89. The molecule has 2 saturated carbocycles. The zero-order chi connectivity index (χ0) is 24.2. The Labute approximate surface area is 206 Å². The van der Waals surface area contributed by atoms with Crippen LogP contribution in [0, 0.1) is 6.92 Å². The Bertz CT molecular complexity index is 1090. The van der Waals surface area contributed by atoms with Crippen LogP contribution < -0.4 is 4.90 Å². The van der Waals surface area contributed by atoms with Gasteiger partial charge in [-0.3, -0.25) is 0 Å². The number of aromatic carboxylic acids is 1. The van der Waals surface area contributed by atoms with E-state index < -0.39 is 5.97 Å². The molecule has 4 aliphatic rings. The highest BCUT2D eigenvalue weighted by atomic mass is 16.5. The fourth-order valence-corrected chi connectivity index (χ4v) is 6.75. The second kappa shape index (κ2) is 8.87. The number of aromatic nitrogens is 3. The molecule has 0 spiro atoms. The minimum absolute atomic E-state index is 0.0618. The van der Waals surface area contributed by atoms with E-state index >= 15 is 0 Å². The van der Waals surface area contributed by atoms with Crippen LogP contribution in [0.25, 0.3) is 0 Å². The van der Waals surface area contributed by atoms with E-state index in [1.807, 2.05) is 6.92 Å². The first-order chi connectivity index (χ1) is 16.9. The van der Waals surface area contributed by atoms with E-state index in [0.717, 1.165) is 37.1 Å². The third-order valence-corrected chi connectivity index (χ3v) is 8.60. The zero-order valence-electron chi connectivity index (χ0n) is 20.8. The van der Waals surface area contributed by atoms with E-state index in [1.165, 1.54) is 56.6 Å². The number of hydrogen-bond acceptors (Lipinski definition) is 7. The molecular formula is C27H36N4O4. The topological polar surface area (TPSA) is 102 Å². The van der Waals surface area contributed by atoms with Gasteiger partial charge in [-0.1, -0.05) is 24.4 Å². The molecule has 0 aromatic carbocycles. The summed E-state index contributed by atoms with van der Waals surface area (Å²) < 4.78 is 12.7. The van der Waals surface area contributed by atoms with Crippen molar-refractivity contribution in [1.82, 2.24) is 15.1 Å². The Hall–Kier alpha value is -2.48. The second-order valence-electron chi connectivity index (χ2n) is 11.5. The normalized spacial score (nSPS) is 29.0. The summed E-state index contributed by atoms with van der Waals surface area (Å²) in [6, 6.07) is 2.04. The highest BCUT2D eigenvalue weighted by Gasteiger charge is 2.48. The summed E-state index contributed by atoms with van der Waals surface area (Å²) in [6.07, 6.45) is 12.5. The van der Waals surface area contributed by atoms with Gasteiger partial charge in [0.25, 0.3) is 0 Å². The van der Waals surface area contributed by atoms with E-state index in [-0.39, 0.29) is 23.4 Å². The van der Waals surface area contributed by atoms with E-state index in [9.17, 15) is 9.90 Å². The van der Waals surface area contributed by atoms with E-state index in [2.05, 4.69) is 26.9 Å². The molecule has 8 nitrogen and oxygen atoms in total. The van der Waals surface area contributed by atoms with E-state index in [1.54, 1.807) is 0 Å². The van der Waals surface area contributed by atoms with Crippen LogP contribution >= 0.6 is 0 Å². The average Bonchev–Trinajstić information content (AvgIpc) is 3.53. The number of fused-ring (bicyclic) bond motifs is 2. The standard InChI is InChI=1S/C27H36N4O4/c1-16-12-22(25(32)33)29-26(28-16)31-19-10-11-20(31)14-27(2,13-19)34-15-21-23(17-6-4-3-5-7-17)30-35-24(21)18-8-9-18/h12,17-20H,3-11,13-15H2,1-2H3,(H,32,33). The van der Waals surface area contributed by atoms with Crippen molar-refractivity contribution in [1.29, 1.82) is 0 Å².